The van der Waals surface area contributed by atoms with Crippen molar-refractivity contribution in [2.24, 2.45) is 0 Å². The Morgan fingerprint density at radius 2 is 1.94 bits per heavy atom. The van der Waals surface area contributed by atoms with Crippen LogP contribution in [0, 0.1) is 20.8 Å². The molecular formula is C12H15ClO3S. The molecule has 3 nitrogen and oxygen atoms in total. The molecule has 0 amide bonds. The number of aryl methyl sites for hydroxylation is 1. The smallest absolute Gasteiger partial charge is 0.261 e. The zero-order chi connectivity index (χ0) is 13.2. The highest BCUT2D eigenvalue weighted by atomic mass is 35.7. The molecule has 0 fully saturated rings. The van der Waals surface area contributed by atoms with Crippen LogP contribution in [0.2, 0.25) is 0 Å². The molecule has 0 unspecified atom stereocenters. The first kappa shape index (κ1) is 14.1. The van der Waals surface area contributed by atoms with Crippen molar-refractivity contribution < 1.29 is 13.2 Å². The molecule has 0 N–H and O–H groups in total. The van der Waals surface area contributed by atoms with E-state index in [4.69, 9.17) is 15.4 Å². The van der Waals surface area contributed by atoms with Crippen LogP contribution < -0.4 is 4.74 Å². The fraction of sp³-hybridized carbons (Fsp3) is 0.333. The van der Waals surface area contributed by atoms with Crippen molar-refractivity contribution in [1.29, 1.82) is 0 Å². The molecule has 5 heteroatoms. The number of hydrogen-bond donors (Lipinski definition) is 0. The third kappa shape index (κ3) is 3.01. The second-order valence-corrected chi connectivity index (χ2v) is 6.34. The van der Waals surface area contributed by atoms with E-state index in [1.165, 1.54) is 6.07 Å². The lowest BCUT2D eigenvalue weighted by atomic mass is 10.1. The molecular weight excluding hydrogens is 260 g/mol. The van der Waals surface area contributed by atoms with Crippen molar-refractivity contribution in [3.8, 4) is 5.75 Å². The van der Waals surface area contributed by atoms with Crippen molar-refractivity contribution >= 4 is 19.7 Å². The molecule has 1 aromatic rings. The van der Waals surface area contributed by atoms with Crippen LogP contribution in [-0.4, -0.2) is 15.0 Å². The molecule has 94 valence electrons. The van der Waals surface area contributed by atoms with Gasteiger partial charge in [0, 0.05) is 10.7 Å². The zero-order valence-electron chi connectivity index (χ0n) is 10.1. The van der Waals surface area contributed by atoms with Crippen molar-refractivity contribution in [1.82, 2.24) is 0 Å². The van der Waals surface area contributed by atoms with Crippen LogP contribution in [0.15, 0.2) is 23.6 Å². The van der Waals surface area contributed by atoms with Crippen LogP contribution in [-0.2, 0) is 9.05 Å². The second kappa shape index (κ2) is 5.10. The number of hydrogen-bond acceptors (Lipinski definition) is 3. The molecule has 0 spiro atoms. The van der Waals surface area contributed by atoms with Gasteiger partial charge in [0.2, 0.25) is 0 Å². The third-order valence-electron chi connectivity index (χ3n) is 2.59. The zero-order valence-corrected chi connectivity index (χ0v) is 11.7. The van der Waals surface area contributed by atoms with Gasteiger partial charge in [-0.1, -0.05) is 12.7 Å². The second-order valence-electron chi connectivity index (χ2n) is 3.81. The topological polar surface area (TPSA) is 43.4 Å². The van der Waals surface area contributed by atoms with Crippen LogP contribution in [0.25, 0.3) is 0 Å². The van der Waals surface area contributed by atoms with Gasteiger partial charge >= 0.3 is 0 Å². The van der Waals surface area contributed by atoms with E-state index in [1.807, 2.05) is 6.92 Å². The van der Waals surface area contributed by atoms with E-state index in [9.17, 15) is 8.42 Å². The van der Waals surface area contributed by atoms with Gasteiger partial charge < -0.3 is 4.74 Å². The van der Waals surface area contributed by atoms with E-state index < -0.39 is 9.05 Å². The largest absolute Gasteiger partial charge is 0.489 e. The lowest BCUT2D eigenvalue weighted by molar-refractivity contribution is 0.357. The summed E-state index contributed by atoms with van der Waals surface area (Å²) in [5.74, 6) is 0.687. The summed E-state index contributed by atoms with van der Waals surface area (Å²) in [4.78, 5) is 0.139. The summed E-state index contributed by atoms with van der Waals surface area (Å²) in [7, 11) is 1.66. The van der Waals surface area contributed by atoms with E-state index in [1.54, 1.807) is 19.9 Å². The molecule has 0 aliphatic carbocycles. The molecule has 0 radical (unpaired) electrons. The molecule has 0 aromatic heterocycles. The predicted octanol–water partition coefficient (Wildman–Crippen LogP) is 3.10. The summed E-state index contributed by atoms with van der Waals surface area (Å²) in [5.41, 5.74) is 2.14. The molecule has 0 saturated heterocycles. The Balaban J connectivity index is 3.42. The molecule has 0 aliphatic rings. The van der Waals surface area contributed by atoms with E-state index in [-0.39, 0.29) is 4.90 Å². The SMILES string of the molecule is C=CCOc1c(C)cc(S(=O)(=O)Cl)c(C)c1C. The highest BCUT2D eigenvalue weighted by Crippen LogP contribution is 2.32. The van der Waals surface area contributed by atoms with Crippen LogP contribution in [0.1, 0.15) is 16.7 Å². The molecule has 0 bridgehead atoms. The van der Waals surface area contributed by atoms with E-state index in [0.29, 0.717) is 17.9 Å². The fourth-order valence-corrected chi connectivity index (χ4v) is 2.96. The minimum atomic E-state index is -3.72. The minimum Gasteiger partial charge on any atom is -0.489 e. The molecule has 0 atom stereocenters. The average molecular weight is 275 g/mol. The lowest BCUT2D eigenvalue weighted by Gasteiger charge is -2.15. The Morgan fingerprint density at radius 3 is 2.41 bits per heavy atom. The van der Waals surface area contributed by atoms with Gasteiger partial charge in [-0.15, -0.1) is 0 Å². The summed E-state index contributed by atoms with van der Waals surface area (Å²) in [6.07, 6.45) is 1.64. The first-order valence-corrected chi connectivity index (χ1v) is 7.39. The van der Waals surface area contributed by atoms with Crippen LogP contribution >= 0.6 is 10.7 Å². The van der Waals surface area contributed by atoms with Crippen molar-refractivity contribution in [3.05, 3.63) is 35.4 Å². The van der Waals surface area contributed by atoms with E-state index in [2.05, 4.69) is 6.58 Å². The maximum Gasteiger partial charge on any atom is 0.261 e. The van der Waals surface area contributed by atoms with Crippen molar-refractivity contribution in [2.75, 3.05) is 6.61 Å². The first-order valence-electron chi connectivity index (χ1n) is 5.08. The van der Waals surface area contributed by atoms with E-state index in [0.717, 1.165) is 11.1 Å². The van der Waals surface area contributed by atoms with Gasteiger partial charge in [0.25, 0.3) is 9.05 Å². The number of benzene rings is 1. The van der Waals surface area contributed by atoms with Crippen molar-refractivity contribution in [3.63, 3.8) is 0 Å². The molecule has 0 aliphatic heterocycles. The molecule has 17 heavy (non-hydrogen) atoms. The highest BCUT2D eigenvalue weighted by molar-refractivity contribution is 8.13. The average Bonchev–Trinajstić information content (AvgIpc) is 2.22. The minimum absolute atomic E-state index is 0.139. The van der Waals surface area contributed by atoms with Gasteiger partial charge in [-0.2, -0.15) is 0 Å². The van der Waals surface area contributed by atoms with Crippen LogP contribution in [0.5, 0.6) is 5.75 Å². The van der Waals surface area contributed by atoms with Crippen molar-refractivity contribution in [2.45, 2.75) is 25.7 Å². The first-order chi connectivity index (χ1) is 7.79. The third-order valence-corrected chi connectivity index (χ3v) is 4.03. The van der Waals surface area contributed by atoms with Gasteiger partial charge in [0.1, 0.15) is 12.4 Å². The lowest BCUT2D eigenvalue weighted by Crippen LogP contribution is -2.03. The number of ether oxygens (including phenoxy) is 1. The number of rotatable bonds is 4. The maximum atomic E-state index is 11.4. The molecule has 1 aromatic carbocycles. The Labute approximate surface area is 106 Å². The summed E-state index contributed by atoms with van der Waals surface area (Å²) >= 11 is 0. The van der Waals surface area contributed by atoms with Gasteiger partial charge in [-0.25, -0.2) is 8.42 Å². The molecule has 1 rings (SSSR count). The summed E-state index contributed by atoms with van der Waals surface area (Å²) in [5, 5.41) is 0. The van der Waals surface area contributed by atoms with Gasteiger partial charge in [0.05, 0.1) is 4.90 Å². The fourth-order valence-electron chi connectivity index (χ4n) is 1.64. The Kier molecular flexibility index (Phi) is 4.22. The Hall–Kier alpha value is -1.00. The quantitative estimate of drug-likeness (QED) is 0.626. The van der Waals surface area contributed by atoms with Crippen LogP contribution in [0.3, 0.4) is 0 Å². The monoisotopic (exact) mass is 274 g/mol. The maximum absolute atomic E-state index is 11.4. The Bertz CT molecular complexity index is 547. The van der Waals surface area contributed by atoms with E-state index >= 15 is 0 Å². The molecule has 0 saturated carbocycles. The predicted molar refractivity (Wildman–Crippen MR) is 69.4 cm³/mol. The van der Waals surface area contributed by atoms with Gasteiger partial charge in [-0.3, -0.25) is 0 Å². The normalized spacial score (nSPS) is 11.3. The van der Waals surface area contributed by atoms with Gasteiger partial charge in [-0.05, 0) is 43.5 Å². The van der Waals surface area contributed by atoms with Crippen LogP contribution in [0.4, 0.5) is 0 Å². The Morgan fingerprint density at radius 1 is 1.35 bits per heavy atom. The summed E-state index contributed by atoms with van der Waals surface area (Å²) in [6.45, 7) is 9.27. The number of halogens is 1. The molecule has 0 heterocycles. The standard InChI is InChI=1S/C12H15ClO3S/c1-5-6-16-12-8(2)7-11(17(13,14)15)9(3)10(12)4/h5,7H,1,6H2,2-4H3. The van der Waals surface area contributed by atoms with Gasteiger partial charge in [0.15, 0.2) is 0 Å². The summed E-state index contributed by atoms with van der Waals surface area (Å²) < 4.78 is 28.3. The summed E-state index contributed by atoms with van der Waals surface area (Å²) in [6, 6.07) is 1.53. The highest BCUT2D eigenvalue weighted by Gasteiger charge is 2.19.